The van der Waals surface area contributed by atoms with Crippen molar-refractivity contribution in [3.63, 3.8) is 0 Å². The second-order valence-electron chi connectivity index (χ2n) is 4.89. The Kier molecular flexibility index (Phi) is 2.72. The molecule has 0 unspecified atom stereocenters. The molecule has 0 saturated heterocycles. The highest BCUT2D eigenvalue weighted by Crippen LogP contribution is 2.30. The quantitative estimate of drug-likeness (QED) is 0.853. The number of hydrogen-bond donors (Lipinski definition) is 1. The molecule has 0 saturated carbocycles. The van der Waals surface area contributed by atoms with E-state index >= 15 is 0 Å². The van der Waals surface area contributed by atoms with Crippen molar-refractivity contribution < 1.29 is 5.11 Å². The van der Waals surface area contributed by atoms with Crippen LogP contribution in [-0.4, -0.2) is 15.3 Å². The summed E-state index contributed by atoms with van der Waals surface area (Å²) in [6.07, 6.45) is 2.64. The number of rotatable bonds is 2. The molecule has 0 aliphatic carbocycles. The van der Waals surface area contributed by atoms with E-state index in [1.54, 1.807) is 0 Å². The molecule has 0 amide bonds. The third-order valence-electron chi connectivity index (χ3n) is 2.67. The summed E-state index contributed by atoms with van der Waals surface area (Å²) in [4.78, 5) is 0. The number of nitrogens with zero attached hydrogens (tertiary/aromatic N) is 1. The molecule has 1 heterocycles. The number of hydrogen-bond acceptors (Lipinski definition) is 1. The Morgan fingerprint density at radius 2 is 2.06 bits per heavy atom. The highest BCUT2D eigenvalue weighted by atomic mass is 35.5. The molecule has 0 atom stereocenters. The summed E-state index contributed by atoms with van der Waals surface area (Å²) in [5.41, 5.74) is 1.48. The van der Waals surface area contributed by atoms with Crippen LogP contribution in [0.25, 0.3) is 10.9 Å². The fourth-order valence-electron chi connectivity index (χ4n) is 2.09. The number of fused-ring (bicyclic) bond motifs is 1. The average molecular weight is 238 g/mol. The van der Waals surface area contributed by atoms with Gasteiger partial charge in [-0.2, -0.15) is 0 Å². The number of aryl methyl sites for hydroxylation is 1. The minimum absolute atomic E-state index is 0.605. The van der Waals surface area contributed by atoms with Crippen LogP contribution in [0.2, 0.25) is 5.02 Å². The Hall–Kier alpha value is -0.990. The summed E-state index contributed by atoms with van der Waals surface area (Å²) in [7, 11) is 1.99. The van der Waals surface area contributed by atoms with Crippen LogP contribution in [0.5, 0.6) is 0 Å². The highest BCUT2D eigenvalue weighted by Gasteiger charge is 2.18. The van der Waals surface area contributed by atoms with Crippen molar-refractivity contribution in [1.29, 1.82) is 0 Å². The monoisotopic (exact) mass is 237 g/mol. The Morgan fingerprint density at radius 1 is 1.38 bits per heavy atom. The van der Waals surface area contributed by atoms with Crippen LogP contribution in [0.4, 0.5) is 0 Å². The van der Waals surface area contributed by atoms with Crippen LogP contribution in [0.15, 0.2) is 24.4 Å². The average Bonchev–Trinajstić information content (AvgIpc) is 2.42. The van der Waals surface area contributed by atoms with E-state index in [9.17, 15) is 5.11 Å². The zero-order valence-electron chi connectivity index (χ0n) is 9.79. The zero-order valence-corrected chi connectivity index (χ0v) is 10.5. The van der Waals surface area contributed by atoms with Gasteiger partial charge in [0.25, 0.3) is 0 Å². The maximum absolute atomic E-state index is 9.88. The van der Waals surface area contributed by atoms with E-state index in [4.69, 9.17) is 11.6 Å². The standard InChI is InChI=1S/C13H16ClNO/c1-13(2,16)7-9-8-15(3)11-6-4-5-10(14)12(9)11/h4-6,8,16H,7H2,1-3H3. The van der Waals surface area contributed by atoms with Gasteiger partial charge in [-0.3, -0.25) is 0 Å². The van der Waals surface area contributed by atoms with Crippen LogP contribution >= 0.6 is 11.6 Å². The lowest BCUT2D eigenvalue weighted by molar-refractivity contribution is 0.0813. The summed E-state index contributed by atoms with van der Waals surface area (Å²) in [5.74, 6) is 0. The maximum Gasteiger partial charge on any atom is 0.0632 e. The van der Waals surface area contributed by atoms with Crippen molar-refractivity contribution in [2.24, 2.45) is 7.05 Å². The van der Waals surface area contributed by atoms with Gasteiger partial charge < -0.3 is 9.67 Å². The van der Waals surface area contributed by atoms with Gasteiger partial charge >= 0.3 is 0 Å². The molecule has 2 rings (SSSR count). The third-order valence-corrected chi connectivity index (χ3v) is 2.98. The smallest absolute Gasteiger partial charge is 0.0632 e. The minimum atomic E-state index is -0.715. The lowest BCUT2D eigenvalue weighted by Crippen LogP contribution is -2.21. The number of halogens is 1. The molecule has 16 heavy (non-hydrogen) atoms. The van der Waals surface area contributed by atoms with Gasteiger partial charge in [0.2, 0.25) is 0 Å². The highest BCUT2D eigenvalue weighted by molar-refractivity contribution is 6.35. The largest absolute Gasteiger partial charge is 0.390 e. The maximum atomic E-state index is 9.88. The van der Waals surface area contributed by atoms with Gasteiger partial charge in [0, 0.05) is 30.6 Å². The molecule has 0 spiro atoms. The van der Waals surface area contributed by atoms with Crippen LogP contribution in [-0.2, 0) is 13.5 Å². The molecule has 0 aliphatic heterocycles. The Balaban J connectivity index is 2.62. The number of aliphatic hydroxyl groups is 1. The Labute approximate surface area is 100 Å². The first-order valence-electron chi connectivity index (χ1n) is 5.33. The first-order chi connectivity index (χ1) is 7.38. The Morgan fingerprint density at radius 3 is 2.69 bits per heavy atom. The lowest BCUT2D eigenvalue weighted by Gasteiger charge is -2.16. The third kappa shape index (κ3) is 2.08. The summed E-state index contributed by atoms with van der Waals surface area (Å²) in [6.45, 7) is 3.62. The van der Waals surface area contributed by atoms with Gasteiger partial charge in [0.15, 0.2) is 0 Å². The summed E-state index contributed by atoms with van der Waals surface area (Å²) < 4.78 is 2.04. The van der Waals surface area contributed by atoms with Crippen molar-refractivity contribution in [2.45, 2.75) is 25.9 Å². The van der Waals surface area contributed by atoms with E-state index in [0.717, 1.165) is 21.5 Å². The predicted octanol–water partition coefficient (Wildman–Crippen LogP) is 3.15. The van der Waals surface area contributed by atoms with E-state index in [1.165, 1.54) is 0 Å². The van der Waals surface area contributed by atoms with E-state index in [2.05, 4.69) is 0 Å². The van der Waals surface area contributed by atoms with Crippen molar-refractivity contribution in [1.82, 2.24) is 4.57 Å². The van der Waals surface area contributed by atoms with Crippen molar-refractivity contribution in [2.75, 3.05) is 0 Å². The van der Waals surface area contributed by atoms with Crippen LogP contribution in [0, 0.1) is 0 Å². The zero-order chi connectivity index (χ0) is 11.9. The van der Waals surface area contributed by atoms with E-state index in [0.29, 0.717) is 6.42 Å². The fraction of sp³-hybridized carbons (Fsp3) is 0.385. The second kappa shape index (κ2) is 3.79. The van der Waals surface area contributed by atoms with Crippen molar-refractivity contribution in [3.05, 3.63) is 35.0 Å². The van der Waals surface area contributed by atoms with Crippen LogP contribution < -0.4 is 0 Å². The molecule has 3 heteroatoms. The molecule has 86 valence electrons. The van der Waals surface area contributed by atoms with Crippen LogP contribution in [0.1, 0.15) is 19.4 Å². The summed E-state index contributed by atoms with van der Waals surface area (Å²) in [5, 5.41) is 11.7. The van der Waals surface area contributed by atoms with Gasteiger partial charge in [-0.25, -0.2) is 0 Å². The molecule has 0 bridgehead atoms. The van der Waals surface area contributed by atoms with Gasteiger partial charge in [-0.1, -0.05) is 17.7 Å². The molecule has 1 N–H and O–H groups in total. The molecule has 2 nitrogen and oxygen atoms in total. The Bertz CT molecular complexity index is 522. The van der Waals surface area contributed by atoms with Gasteiger partial charge in [0.05, 0.1) is 10.6 Å². The molecular formula is C13H16ClNO. The minimum Gasteiger partial charge on any atom is -0.390 e. The molecule has 2 aromatic rings. The molecular weight excluding hydrogens is 222 g/mol. The van der Waals surface area contributed by atoms with Gasteiger partial charge in [-0.05, 0) is 31.5 Å². The second-order valence-corrected chi connectivity index (χ2v) is 5.30. The molecule has 1 aromatic heterocycles. The summed E-state index contributed by atoms with van der Waals surface area (Å²) >= 11 is 6.21. The normalized spacial score (nSPS) is 12.3. The number of benzene rings is 1. The molecule has 0 radical (unpaired) electrons. The topological polar surface area (TPSA) is 25.2 Å². The van der Waals surface area contributed by atoms with Crippen molar-refractivity contribution in [3.8, 4) is 0 Å². The van der Waals surface area contributed by atoms with E-state index in [-0.39, 0.29) is 0 Å². The van der Waals surface area contributed by atoms with Gasteiger partial charge in [-0.15, -0.1) is 0 Å². The molecule has 0 fully saturated rings. The molecule has 0 aliphatic rings. The predicted molar refractivity (Wildman–Crippen MR) is 67.9 cm³/mol. The SMILES string of the molecule is Cn1cc(CC(C)(C)O)c2c(Cl)cccc21. The first-order valence-corrected chi connectivity index (χ1v) is 5.71. The van der Waals surface area contributed by atoms with Crippen molar-refractivity contribution >= 4 is 22.5 Å². The first kappa shape index (κ1) is 11.5. The summed E-state index contributed by atoms with van der Waals surface area (Å²) in [6, 6.07) is 5.87. The van der Waals surface area contributed by atoms with Gasteiger partial charge in [0.1, 0.15) is 0 Å². The number of aromatic nitrogens is 1. The van der Waals surface area contributed by atoms with E-state index < -0.39 is 5.60 Å². The van der Waals surface area contributed by atoms with Crippen LogP contribution in [0.3, 0.4) is 0 Å². The lowest BCUT2D eigenvalue weighted by atomic mass is 9.98. The fourth-order valence-corrected chi connectivity index (χ4v) is 2.38. The van der Waals surface area contributed by atoms with E-state index in [1.807, 2.05) is 49.9 Å². The molecule has 1 aromatic carbocycles.